The first kappa shape index (κ1) is 20.2. The van der Waals surface area contributed by atoms with Crippen molar-refractivity contribution in [3.05, 3.63) is 30.3 Å². The topological polar surface area (TPSA) is 73.9 Å². The molecule has 26 heavy (non-hydrogen) atoms. The van der Waals surface area contributed by atoms with Crippen molar-refractivity contribution in [2.45, 2.75) is 18.4 Å². The number of carbonyl (C=O) groups is 2. The van der Waals surface area contributed by atoms with Gasteiger partial charge in [0.25, 0.3) is 0 Å². The molecule has 1 aromatic carbocycles. The van der Waals surface area contributed by atoms with Gasteiger partial charge in [-0.3, -0.25) is 9.59 Å². The Hall–Kier alpha value is -2.12. The summed E-state index contributed by atoms with van der Waals surface area (Å²) in [6.45, 7) is 2.27. The summed E-state index contributed by atoms with van der Waals surface area (Å²) in [4.78, 5) is 29.2. The number of nitrogens with one attached hydrogen (secondary N) is 2. The molecular formula is C19H30N4O3. The minimum atomic E-state index is -0.838. The SMILES string of the molecule is COCCNC(=O)C1(Nc2ccccc2)CCCN(C(=O)CN(C)C)C1. The number of likely N-dealkylation sites (tertiary alicyclic amines) is 1. The van der Waals surface area contributed by atoms with Gasteiger partial charge < -0.3 is 25.2 Å². The van der Waals surface area contributed by atoms with Crippen molar-refractivity contribution in [2.75, 3.05) is 59.3 Å². The van der Waals surface area contributed by atoms with Gasteiger partial charge in [0, 0.05) is 25.9 Å². The second-order valence-corrected chi connectivity index (χ2v) is 6.98. The first-order valence-electron chi connectivity index (χ1n) is 9.00. The van der Waals surface area contributed by atoms with Crippen LogP contribution in [0.5, 0.6) is 0 Å². The lowest BCUT2D eigenvalue weighted by Crippen LogP contribution is -2.63. The normalized spacial score (nSPS) is 20.1. The van der Waals surface area contributed by atoms with Gasteiger partial charge in [-0.25, -0.2) is 0 Å². The number of nitrogens with zero attached hydrogens (tertiary/aromatic N) is 2. The maximum atomic E-state index is 13.0. The van der Waals surface area contributed by atoms with Gasteiger partial charge in [-0.05, 0) is 39.1 Å². The Morgan fingerprint density at radius 3 is 2.65 bits per heavy atom. The molecule has 2 amide bonds. The zero-order chi connectivity index (χ0) is 19.0. The number of carbonyl (C=O) groups excluding carboxylic acids is 2. The third-order valence-corrected chi connectivity index (χ3v) is 4.48. The number of likely N-dealkylation sites (N-methyl/N-ethyl adjacent to an activating group) is 1. The molecule has 1 aliphatic rings. The van der Waals surface area contributed by atoms with E-state index in [4.69, 9.17) is 4.74 Å². The van der Waals surface area contributed by atoms with Crippen LogP contribution in [0.3, 0.4) is 0 Å². The maximum Gasteiger partial charge on any atom is 0.247 e. The van der Waals surface area contributed by atoms with E-state index in [0.29, 0.717) is 39.2 Å². The molecule has 1 fully saturated rings. The first-order valence-corrected chi connectivity index (χ1v) is 9.00. The molecule has 0 bridgehead atoms. The minimum absolute atomic E-state index is 0.0404. The van der Waals surface area contributed by atoms with Gasteiger partial charge in [-0.15, -0.1) is 0 Å². The largest absolute Gasteiger partial charge is 0.383 e. The fourth-order valence-electron chi connectivity index (χ4n) is 3.22. The number of hydrogen-bond donors (Lipinski definition) is 2. The molecule has 0 aliphatic carbocycles. The molecule has 0 spiro atoms. The standard InChI is InChI=1S/C19H30N4O3/c1-22(2)14-17(24)23-12-7-10-19(15-23,18(25)20-11-13-26-3)21-16-8-5-4-6-9-16/h4-6,8-9,21H,7,10-15H2,1-3H3,(H,20,25). The number of piperidine rings is 1. The fourth-order valence-corrected chi connectivity index (χ4v) is 3.22. The molecule has 1 atom stereocenters. The molecule has 1 saturated heterocycles. The average molecular weight is 362 g/mol. The van der Waals surface area contributed by atoms with Gasteiger partial charge in [-0.2, -0.15) is 0 Å². The van der Waals surface area contributed by atoms with E-state index in [9.17, 15) is 9.59 Å². The van der Waals surface area contributed by atoms with Crippen LogP contribution in [0.2, 0.25) is 0 Å². The van der Waals surface area contributed by atoms with Crippen molar-refractivity contribution in [2.24, 2.45) is 0 Å². The van der Waals surface area contributed by atoms with Gasteiger partial charge >= 0.3 is 0 Å². The average Bonchev–Trinajstić information content (AvgIpc) is 2.62. The highest BCUT2D eigenvalue weighted by Gasteiger charge is 2.43. The number of ether oxygens (including phenoxy) is 1. The van der Waals surface area contributed by atoms with Gasteiger partial charge in [0.2, 0.25) is 11.8 Å². The van der Waals surface area contributed by atoms with Crippen molar-refractivity contribution >= 4 is 17.5 Å². The lowest BCUT2D eigenvalue weighted by Gasteiger charge is -2.43. The number of anilines is 1. The predicted molar refractivity (Wildman–Crippen MR) is 102 cm³/mol. The first-order chi connectivity index (χ1) is 12.5. The molecule has 1 aliphatic heterocycles. The summed E-state index contributed by atoms with van der Waals surface area (Å²) in [6, 6.07) is 9.66. The van der Waals surface area contributed by atoms with E-state index in [0.717, 1.165) is 12.1 Å². The van der Waals surface area contributed by atoms with Crippen LogP contribution in [0, 0.1) is 0 Å². The quantitative estimate of drug-likeness (QED) is 0.669. The molecule has 1 heterocycles. The highest BCUT2D eigenvalue weighted by Crippen LogP contribution is 2.26. The Bertz CT molecular complexity index is 594. The zero-order valence-electron chi connectivity index (χ0n) is 16.0. The Kier molecular flexibility index (Phi) is 7.41. The Morgan fingerprint density at radius 2 is 2.00 bits per heavy atom. The minimum Gasteiger partial charge on any atom is -0.383 e. The highest BCUT2D eigenvalue weighted by atomic mass is 16.5. The van der Waals surface area contributed by atoms with E-state index >= 15 is 0 Å². The van der Waals surface area contributed by atoms with E-state index in [-0.39, 0.29) is 11.8 Å². The number of para-hydroxylation sites is 1. The predicted octanol–water partition coefficient (Wildman–Crippen LogP) is 0.784. The molecule has 7 heteroatoms. The second-order valence-electron chi connectivity index (χ2n) is 6.98. The van der Waals surface area contributed by atoms with Crippen LogP contribution in [0.1, 0.15) is 12.8 Å². The molecule has 0 aromatic heterocycles. The Labute approximate surface area is 155 Å². The van der Waals surface area contributed by atoms with Crippen LogP contribution in [0.15, 0.2) is 30.3 Å². The van der Waals surface area contributed by atoms with Crippen LogP contribution >= 0.6 is 0 Å². The summed E-state index contributed by atoms with van der Waals surface area (Å²) in [5, 5.41) is 6.34. The lowest BCUT2D eigenvalue weighted by molar-refractivity contribution is -0.136. The lowest BCUT2D eigenvalue weighted by atomic mass is 9.87. The van der Waals surface area contributed by atoms with Crippen molar-refractivity contribution in [3.8, 4) is 0 Å². The molecule has 2 rings (SSSR count). The third kappa shape index (κ3) is 5.44. The van der Waals surface area contributed by atoms with E-state index < -0.39 is 5.54 Å². The van der Waals surface area contributed by atoms with Gasteiger partial charge in [0.05, 0.1) is 19.7 Å². The van der Waals surface area contributed by atoms with E-state index in [1.165, 1.54) is 0 Å². The monoisotopic (exact) mass is 362 g/mol. The molecule has 2 N–H and O–H groups in total. The van der Waals surface area contributed by atoms with Crippen molar-refractivity contribution < 1.29 is 14.3 Å². The van der Waals surface area contributed by atoms with E-state index in [1.54, 1.807) is 12.0 Å². The van der Waals surface area contributed by atoms with Crippen LogP contribution in [-0.4, -0.2) is 81.1 Å². The van der Waals surface area contributed by atoms with Gasteiger partial charge in [0.1, 0.15) is 5.54 Å². The molecule has 144 valence electrons. The summed E-state index contributed by atoms with van der Waals surface area (Å²) >= 11 is 0. The van der Waals surface area contributed by atoms with Crippen LogP contribution in [0.4, 0.5) is 5.69 Å². The summed E-state index contributed by atoms with van der Waals surface area (Å²) in [6.07, 6.45) is 1.45. The summed E-state index contributed by atoms with van der Waals surface area (Å²) in [5.41, 5.74) is 0.0336. The number of benzene rings is 1. The van der Waals surface area contributed by atoms with Gasteiger partial charge in [0.15, 0.2) is 0 Å². The molecule has 0 saturated carbocycles. The highest BCUT2D eigenvalue weighted by molar-refractivity contribution is 5.91. The molecule has 7 nitrogen and oxygen atoms in total. The van der Waals surface area contributed by atoms with Gasteiger partial charge in [-0.1, -0.05) is 18.2 Å². The zero-order valence-corrected chi connectivity index (χ0v) is 16.0. The van der Waals surface area contributed by atoms with Crippen molar-refractivity contribution in [1.29, 1.82) is 0 Å². The fraction of sp³-hybridized carbons (Fsp3) is 0.579. The van der Waals surface area contributed by atoms with Crippen LogP contribution < -0.4 is 10.6 Å². The van der Waals surface area contributed by atoms with Crippen LogP contribution in [0.25, 0.3) is 0 Å². The smallest absolute Gasteiger partial charge is 0.247 e. The Morgan fingerprint density at radius 1 is 1.27 bits per heavy atom. The summed E-state index contributed by atoms with van der Waals surface area (Å²) in [5.74, 6) is -0.0561. The van der Waals surface area contributed by atoms with Crippen molar-refractivity contribution in [3.63, 3.8) is 0 Å². The molecular weight excluding hydrogens is 332 g/mol. The van der Waals surface area contributed by atoms with E-state index in [2.05, 4.69) is 10.6 Å². The van der Waals surface area contributed by atoms with E-state index in [1.807, 2.05) is 49.3 Å². The molecule has 1 aromatic rings. The molecule has 0 radical (unpaired) electrons. The summed E-state index contributed by atoms with van der Waals surface area (Å²) in [7, 11) is 5.34. The summed E-state index contributed by atoms with van der Waals surface area (Å²) < 4.78 is 5.03. The number of amides is 2. The number of hydrogen-bond acceptors (Lipinski definition) is 5. The number of methoxy groups -OCH3 is 1. The Balaban J connectivity index is 2.18. The van der Waals surface area contributed by atoms with Crippen LogP contribution in [-0.2, 0) is 14.3 Å². The second kappa shape index (κ2) is 9.54. The number of rotatable bonds is 8. The molecule has 1 unspecified atom stereocenters. The maximum absolute atomic E-state index is 13.0. The third-order valence-electron chi connectivity index (χ3n) is 4.48. The van der Waals surface area contributed by atoms with Crippen molar-refractivity contribution in [1.82, 2.24) is 15.1 Å².